The Kier molecular flexibility index (Phi) is 17.3. The quantitative estimate of drug-likeness (QED) is 0.106. The minimum Gasteiger partial charge on any atom is -0.462 e. The van der Waals surface area contributed by atoms with E-state index in [-0.39, 0.29) is 43.8 Å². The molecule has 12 nitrogen and oxygen atoms in total. The van der Waals surface area contributed by atoms with Gasteiger partial charge in [-0.2, -0.15) is 0 Å². The first kappa shape index (κ1) is 41.2. The number of carbonyl (C=O) groups excluding carboxylic acids is 5. The van der Waals surface area contributed by atoms with Crippen LogP contribution in [0.3, 0.4) is 0 Å². The summed E-state index contributed by atoms with van der Waals surface area (Å²) in [4.78, 5) is 64.1. The highest BCUT2D eigenvalue weighted by Gasteiger charge is 2.32. The highest BCUT2D eigenvalue weighted by atomic mass is 16.6. The van der Waals surface area contributed by atoms with Crippen molar-refractivity contribution in [1.29, 1.82) is 0 Å². The van der Waals surface area contributed by atoms with Crippen molar-refractivity contribution >= 4 is 30.0 Å². The maximum atomic E-state index is 13.5. The molecule has 0 bridgehead atoms. The minimum atomic E-state index is -1.19. The first-order valence-corrected chi connectivity index (χ1v) is 16.4. The Balaban J connectivity index is 2.90. The average Bonchev–Trinajstić information content (AvgIpc) is 2.94. The van der Waals surface area contributed by atoms with E-state index in [1.165, 1.54) is 0 Å². The number of benzene rings is 1. The molecule has 1 rings (SSSR count). The summed E-state index contributed by atoms with van der Waals surface area (Å²) in [6, 6.07) is 7.06. The van der Waals surface area contributed by atoms with Crippen LogP contribution in [0.5, 0.6) is 0 Å². The van der Waals surface area contributed by atoms with Crippen molar-refractivity contribution in [1.82, 2.24) is 16.0 Å². The van der Waals surface area contributed by atoms with Crippen molar-refractivity contribution in [2.24, 2.45) is 11.8 Å². The summed E-state index contributed by atoms with van der Waals surface area (Å²) in [5.74, 6) is -1.62. The maximum Gasteiger partial charge on any atom is 0.408 e. The molecule has 0 aliphatic heterocycles. The zero-order valence-corrected chi connectivity index (χ0v) is 29.9. The largest absolute Gasteiger partial charge is 0.462 e. The molecule has 0 aliphatic carbocycles. The SMILES string of the molecule is CC(C)C(OC(=O)CC[C@H](NC(=O)OC(C)(C)C)C(=O)N[C@@H](CCCCNC(=O)OCc1ccccc1)C(=O)OC(C)(C)C)C(C)C. The second-order valence-corrected chi connectivity index (χ2v) is 14.3. The van der Waals surface area contributed by atoms with Gasteiger partial charge in [-0.15, -0.1) is 0 Å². The van der Waals surface area contributed by atoms with E-state index in [2.05, 4.69) is 16.0 Å². The molecule has 2 atom stereocenters. The Morgan fingerprint density at radius 1 is 0.723 bits per heavy atom. The lowest BCUT2D eigenvalue weighted by Gasteiger charge is -2.27. The van der Waals surface area contributed by atoms with Crippen LogP contribution < -0.4 is 16.0 Å². The van der Waals surface area contributed by atoms with Crippen molar-refractivity contribution < 1.29 is 42.9 Å². The van der Waals surface area contributed by atoms with Crippen LogP contribution in [0.25, 0.3) is 0 Å². The van der Waals surface area contributed by atoms with Crippen molar-refractivity contribution in [3.63, 3.8) is 0 Å². The fourth-order valence-electron chi connectivity index (χ4n) is 4.57. The number of esters is 2. The second-order valence-electron chi connectivity index (χ2n) is 14.3. The van der Waals surface area contributed by atoms with E-state index in [4.69, 9.17) is 18.9 Å². The summed E-state index contributed by atoms with van der Waals surface area (Å²) in [6.07, 6.45) is -0.784. The number of rotatable bonds is 17. The molecule has 0 saturated carbocycles. The van der Waals surface area contributed by atoms with Crippen LogP contribution in [0, 0.1) is 11.8 Å². The van der Waals surface area contributed by atoms with Crippen molar-refractivity contribution in [3.05, 3.63) is 35.9 Å². The van der Waals surface area contributed by atoms with Gasteiger partial charge in [0.15, 0.2) is 0 Å². The van der Waals surface area contributed by atoms with Crippen molar-refractivity contribution in [2.75, 3.05) is 6.54 Å². The Morgan fingerprint density at radius 2 is 1.32 bits per heavy atom. The van der Waals surface area contributed by atoms with E-state index < -0.39 is 53.3 Å². The normalized spacial score (nSPS) is 13.0. The van der Waals surface area contributed by atoms with Gasteiger partial charge in [0, 0.05) is 13.0 Å². The van der Waals surface area contributed by atoms with E-state index in [9.17, 15) is 24.0 Å². The summed E-state index contributed by atoms with van der Waals surface area (Å²) >= 11 is 0. The van der Waals surface area contributed by atoms with E-state index >= 15 is 0 Å². The monoisotopic (exact) mass is 663 g/mol. The number of unbranched alkanes of at least 4 members (excludes halogenated alkanes) is 1. The highest BCUT2D eigenvalue weighted by molar-refractivity contribution is 5.90. The van der Waals surface area contributed by atoms with E-state index in [1.54, 1.807) is 41.5 Å². The molecule has 0 heterocycles. The summed E-state index contributed by atoms with van der Waals surface area (Å²) in [7, 11) is 0. The number of hydrogen-bond acceptors (Lipinski definition) is 9. The third-order valence-electron chi connectivity index (χ3n) is 6.64. The lowest BCUT2D eigenvalue weighted by atomic mass is 9.96. The van der Waals surface area contributed by atoms with Crippen molar-refractivity contribution in [3.8, 4) is 0 Å². The number of nitrogens with one attached hydrogen (secondary N) is 3. The number of hydrogen-bond donors (Lipinski definition) is 3. The third kappa shape index (κ3) is 18.8. The van der Waals surface area contributed by atoms with Crippen LogP contribution in [0.15, 0.2) is 30.3 Å². The Labute approximate surface area is 280 Å². The smallest absolute Gasteiger partial charge is 0.408 e. The molecule has 0 radical (unpaired) electrons. The molecule has 0 unspecified atom stereocenters. The molecule has 1 aromatic rings. The molecule has 0 saturated heterocycles. The summed E-state index contributed by atoms with van der Waals surface area (Å²) < 4.78 is 21.8. The molecule has 3 N–H and O–H groups in total. The first-order chi connectivity index (χ1) is 21.8. The third-order valence-corrected chi connectivity index (χ3v) is 6.64. The molecular weight excluding hydrogens is 606 g/mol. The van der Waals surface area contributed by atoms with Gasteiger partial charge in [-0.1, -0.05) is 58.0 Å². The molecule has 3 amide bonds. The molecule has 0 aliphatic rings. The molecule has 0 aromatic heterocycles. The first-order valence-electron chi connectivity index (χ1n) is 16.4. The number of carbonyl (C=O) groups is 5. The average molecular weight is 664 g/mol. The molecule has 47 heavy (non-hydrogen) atoms. The molecule has 0 fully saturated rings. The van der Waals surface area contributed by atoms with E-state index in [0.29, 0.717) is 19.4 Å². The number of alkyl carbamates (subject to hydrolysis) is 2. The van der Waals surface area contributed by atoms with Gasteiger partial charge in [0.25, 0.3) is 0 Å². The van der Waals surface area contributed by atoms with Gasteiger partial charge in [0.1, 0.15) is 36.0 Å². The fraction of sp³-hybridized carbons (Fsp3) is 0.686. The Bertz CT molecular complexity index is 1130. The lowest BCUT2D eigenvalue weighted by Crippen LogP contribution is -2.53. The Morgan fingerprint density at radius 3 is 1.87 bits per heavy atom. The zero-order chi connectivity index (χ0) is 35.8. The summed E-state index contributed by atoms with van der Waals surface area (Å²) in [5, 5.41) is 7.91. The van der Waals surface area contributed by atoms with Crippen LogP contribution in [0.2, 0.25) is 0 Å². The van der Waals surface area contributed by atoms with E-state index in [1.807, 2.05) is 58.0 Å². The Hall–Kier alpha value is -3.83. The maximum absolute atomic E-state index is 13.5. The van der Waals surface area contributed by atoms with Gasteiger partial charge in [-0.05, 0) is 84.6 Å². The van der Waals surface area contributed by atoms with Gasteiger partial charge in [0.2, 0.25) is 5.91 Å². The van der Waals surface area contributed by atoms with Crippen LogP contribution in [0.4, 0.5) is 9.59 Å². The number of amides is 3. The topological polar surface area (TPSA) is 158 Å². The van der Waals surface area contributed by atoms with Crippen LogP contribution in [-0.2, 0) is 39.9 Å². The predicted molar refractivity (Wildman–Crippen MR) is 178 cm³/mol. The molecular formula is C35H57N3O9. The van der Waals surface area contributed by atoms with E-state index in [0.717, 1.165) is 5.56 Å². The summed E-state index contributed by atoms with van der Waals surface area (Å²) in [6.45, 7) is 18.5. The minimum absolute atomic E-state index is 0.0805. The summed E-state index contributed by atoms with van der Waals surface area (Å²) in [5.41, 5.74) is -0.775. The molecule has 1 aromatic carbocycles. The fourth-order valence-corrected chi connectivity index (χ4v) is 4.57. The van der Waals surface area contributed by atoms with Crippen molar-refractivity contribution in [2.45, 2.75) is 137 Å². The van der Waals surface area contributed by atoms with Crippen LogP contribution in [0.1, 0.15) is 107 Å². The van der Waals surface area contributed by atoms with Gasteiger partial charge in [-0.25, -0.2) is 14.4 Å². The van der Waals surface area contributed by atoms with Crippen LogP contribution in [-0.4, -0.2) is 66.0 Å². The number of ether oxygens (including phenoxy) is 4. The molecule has 12 heteroatoms. The van der Waals surface area contributed by atoms with Crippen LogP contribution >= 0.6 is 0 Å². The standard InChI is InChI=1S/C35H57N3O9/c1-23(2)29(24(3)4)45-28(39)20-19-26(38-33(43)47-35(8,9)10)30(40)37-27(31(41)46-34(5,6)7)18-14-15-21-36-32(42)44-22-25-16-12-11-13-17-25/h11-13,16-17,23-24,26-27,29H,14-15,18-22H2,1-10H3,(H,36,42)(H,37,40)(H,38,43)/t26-,27-/m0/s1. The second kappa shape index (κ2) is 19.7. The van der Waals surface area contributed by atoms with Gasteiger partial charge < -0.3 is 34.9 Å². The molecule has 0 spiro atoms. The van der Waals surface area contributed by atoms with Gasteiger partial charge in [0.05, 0.1) is 0 Å². The highest BCUT2D eigenvalue weighted by Crippen LogP contribution is 2.18. The van der Waals surface area contributed by atoms with Gasteiger partial charge in [-0.3, -0.25) is 9.59 Å². The zero-order valence-electron chi connectivity index (χ0n) is 29.9. The van der Waals surface area contributed by atoms with Gasteiger partial charge >= 0.3 is 24.1 Å². The predicted octanol–water partition coefficient (Wildman–Crippen LogP) is 5.81. The lowest BCUT2D eigenvalue weighted by molar-refractivity contribution is -0.159. The molecule has 266 valence electrons.